The number of para-hydroxylation sites is 1. The largest absolute Gasteiger partial charge is 0.310 e. The van der Waals surface area contributed by atoms with Gasteiger partial charge in [0.15, 0.2) is 0 Å². The lowest BCUT2D eigenvalue weighted by Gasteiger charge is -2.22. The summed E-state index contributed by atoms with van der Waals surface area (Å²) in [7, 11) is -3.63. The van der Waals surface area contributed by atoms with Crippen molar-refractivity contribution < 1.29 is 13.2 Å². The first-order valence-corrected chi connectivity index (χ1v) is 9.27. The molecule has 0 radical (unpaired) electrons. The third-order valence-corrected chi connectivity index (χ3v) is 5.47. The molecule has 2 rings (SSSR count). The van der Waals surface area contributed by atoms with Crippen LogP contribution in [-0.4, -0.2) is 27.4 Å². The zero-order valence-electron chi connectivity index (χ0n) is 13.5. The second-order valence-electron chi connectivity index (χ2n) is 5.29. The van der Waals surface area contributed by atoms with Crippen LogP contribution in [0.5, 0.6) is 0 Å². The Kier molecular flexibility index (Phi) is 5.99. The van der Waals surface area contributed by atoms with Crippen molar-refractivity contribution in [1.29, 1.82) is 0 Å². The van der Waals surface area contributed by atoms with Gasteiger partial charge >= 0.3 is 0 Å². The van der Waals surface area contributed by atoms with E-state index in [2.05, 4.69) is 4.72 Å². The number of nitrogens with one attached hydrogen (secondary N) is 1. The summed E-state index contributed by atoms with van der Waals surface area (Å²) in [5.41, 5.74) is 1.22. The number of hydrogen-bond acceptors (Lipinski definition) is 3. The van der Waals surface area contributed by atoms with Crippen LogP contribution < -0.4 is 9.62 Å². The standard InChI is InChI=1S/C17H19ClN2O3S/c1-13-7-3-6-10-17(13)24(22,23)19-11-12-20(14(2)21)16-9-5-4-8-15(16)18/h3-10,19H,11-12H2,1-2H3. The Bertz CT molecular complexity index is 837. The van der Waals surface area contributed by atoms with Crippen LogP contribution in [0.4, 0.5) is 5.69 Å². The zero-order chi connectivity index (χ0) is 17.7. The number of hydrogen-bond donors (Lipinski definition) is 1. The molecule has 0 saturated carbocycles. The number of rotatable bonds is 6. The van der Waals surface area contributed by atoms with Crippen molar-refractivity contribution in [2.45, 2.75) is 18.7 Å². The van der Waals surface area contributed by atoms with E-state index in [1.807, 2.05) is 0 Å². The molecule has 0 heterocycles. The van der Waals surface area contributed by atoms with E-state index in [1.165, 1.54) is 11.8 Å². The molecule has 0 bridgehead atoms. The first-order valence-electron chi connectivity index (χ1n) is 7.41. The van der Waals surface area contributed by atoms with E-state index in [9.17, 15) is 13.2 Å². The number of sulfonamides is 1. The Morgan fingerprint density at radius 2 is 1.75 bits per heavy atom. The Morgan fingerprint density at radius 1 is 1.12 bits per heavy atom. The predicted molar refractivity (Wildman–Crippen MR) is 95.8 cm³/mol. The molecule has 2 aromatic rings. The van der Waals surface area contributed by atoms with E-state index in [0.29, 0.717) is 16.3 Å². The lowest BCUT2D eigenvalue weighted by atomic mass is 10.2. The second kappa shape index (κ2) is 7.79. The van der Waals surface area contributed by atoms with Gasteiger partial charge in [-0.05, 0) is 30.7 Å². The molecule has 0 aliphatic carbocycles. The van der Waals surface area contributed by atoms with Gasteiger partial charge in [-0.2, -0.15) is 0 Å². The van der Waals surface area contributed by atoms with Gasteiger partial charge in [0, 0.05) is 20.0 Å². The second-order valence-corrected chi connectivity index (χ2v) is 7.43. The Morgan fingerprint density at radius 3 is 2.38 bits per heavy atom. The number of halogens is 1. The van der Waals surface area contributed by atoms with Crippen LogP contribution in [0.25, 0.3) is 0 Å². The molecule has 2 aromatic carbocycles. The molecule has 128 valence electrons. The van der Waals surface area contributed by atoms with Gasteiger partial charge in [-0.25, -0.2) is 13.1 Å². The molecule has 0 spiro atoms. The average molecular weight is 367 g/mol. The van der Waals surface area contributed by atoms with Gasteiger partial charge in [0.2, 0.25) is 15.9 Å². The Hall–Kier alpha value is -1.89. The third-order valence-electron chi connectivity index (χ3n) is 3.53. The van der Waals surface area contributed by atoms with Gasteiger partial charge in [0.1, 0.15) is 0 Å². The molecular formula is C17H19ClN2O3S. The van der Waals surface area contributed by atoms with E-state index in [1.54, 1.807) is 55.5 Å². The van der Waals surface area contributed by atoms with Crippen molar-refractivity contribution in [3.63, 3.8) is 0 Å². The summed E-state index contributed by atoms with van der Waals surface area (Å²) in [6.07, 6.45) is 0. The molecule has 1 N–H and O–H groups in total. The fourth-order valence-corrected chi connectivity index (χ4v) is 3.85. The maximum Gasteiger partial charge on any atom is 0.240 e. The highest BCUT2D eigenvalue weighted by Gasteiger charge is 2.18. The number of benzene rings is 2. The van der Waals surface area contributed by atoms with Crippen LogP contribution in [0, 0.1) is 6.92 Å². The topological polar surface area (TPSA) is 66.5 Å². The fraction of sp³-hybridized carbons (Fsp3) is 0.235. The van der Waals surface area contributed by atoms with Crippen LogP contribution in [0.2, 0.25) is 5.02 Å². The lowest BCUT2D eigenvalue weighted by Crippen LogP contribution is -2.37. The molecule has 5 nitrogen and oxygen atoms in total. The van der Waals surface area contributed by atoms with Crippen molar-refractivity contribution in [2.24, 2.45) is 0 Å². The first-order chi connectivity index (χ1) is 11.3. The summed E-state index contributed by atoms with van der Waals surface area (Å²) in [5.74, 6) is -0.210. The fourth-order valence-electron chi connectivity index (χ4n) is 2.35. The molecule has 0 aliphatic heterocycles. The van der Waals surface area contributed by atoms with Gasteiger partial charge in [-0.3, -0.25) is 4.79 Å². The Balaban J connectivity index is 2.10. The van der Waals surface area contributed by atoms with Crippen molar-refractivity contribution in [3.8, 4) is 0 Å². The van der Waals surface area contributed by atoms with Gasteiger partial charge in [0.05, 0.1) is 15.6 Å². The quantitative estimate of drug-likeness (QED) is 0.854. The van der Waals surface area contributed by atoms with E-state index >= 15 is 0 Å². The molecule has 24 heavy (non-hydrogen) atoms. The summed E-state index contributed by atoms with van der Waals surface area (Å²) in [6.45, 7) is 3.42. The minimum atomic E-state index is -3.63. The van der Waals surface area contributed by atoms with Crippen molar-refractivity contribution in [3.05, 3.63) is 59.1 Å². The highest BCUT2D eigenvalue weighted by molar-refractivity contribution is 7.89. The Labute approximate surface area is 147 Å². The van der Waals surface area contributed by atoms with E-state index in [0.717, 1.165) is 0 Å². The van der Waals surface area contributed by atoms with E-state index in [-0.39, 0.29) is 23.9 Å². The van der Waals surface area contributed by atoms with Crippen LogP contribution in [0.3, 0.4) is 0 Å². The zero-order valence-corrected chi connectivity index (χ0v) is 15.1. The minimum absolute atomic E-state index is 0.0848. The number of nitrogens with zero attached hydrogens (tertiary/aromatic N) is 1. The number of anilines is 1. The maximum absolute atomic E-state index is 12.4. The predicted octanol–water partition coefficient (Wildman–Crippen LogP) is 2.98. The SMILES string of the molecule is CC(=O)N(CCNS(=O)(=O)c1ccccc1C)c1ccccc1Cl. The lowest BCUT2D eigenvalue weighted by molar-refractivity contribution is -0.116. The van der Waals surface area contributed by atoms with E-state index < -0.39 is 10.0 Å². The molecule has 0 aromatic heterocycles. The number of carbonyl (C=O) groups is 1. The summed E-state index contributed by atoms with van der Waals surface area (Å²) in [4.78, 5) is 13.5. The van der Waals surface area contributed by atoms with Gasteiger partial charge in [-0.1, -0.05) is 41.9 Å². The van der Waals surface area contributed by atoms with Crippen LogP contribution >= 0.6 is 11.6 Å². The minimum Gasteiger partial charge on any atom is -0.310 e. The van der Waals surface area contributed by atoms with Gasteiger partial charge in [-0.15, -0.1) is 0 Å². The third kappa shape index (κ3) is 4.35. The monoisotopic (exact) mass is 366 g/mol. The van der Waals surface area contributed by atoms with E-state index in [4.69, 9.17) is 11.6 Å². The number of carbonyl (C=O) groups excluding carboxylic acids is 1. The summed E-state index contributed by atoms with van der Waals surface area (Å²) in [5, 5.41) is 0.439. The van der Waals surface area contributed by atoms with Gasteiger partial charge < -0.3 is 4.90 Å². The van der Waals surface area contributed by atoms with Crippen molar-refractivity contribution >= 4 is 33.2 Å². The molecule has 0 atom stereocenters. The molecule has 1 amide bonds. The molecule has 0 unspecified atom stereocenters. The molecule has 0 saturated heterocycles. The number of amides is 1. The molecular weight excluding hydrogens is 348 g/mol. The van der Waals surface area contributed by atoms with Crippen LogP contribution in [0.15, 0.2) is 53.4 Å². The maximum atomic E-state index is 12.4. The highest BCUT2D eigenvalue weighted by atomic mass is 35.5. The van der Waals surface area contributed by atoms with Crippen LogP contribution in [-0.2, 0) is 14.8 Å². The van der Waals surface area contributed by atoms with Crippen molar-refractivity contribution in [2.75, 3.05) is 18.0 Å². The highest BCUT2D eigenvalue weighted by Crippen LogP contribution is 2.25. The summed E-state index contributed by atoms with van der Waals surface area (Å²) >= 11 is 6.12. The summed E-state index contributed by atoms with van der Waals surface area (Å²) in [6, 6.07) is 13.7. The number of aryl methyl sites for hydroxylation is 1. The van der Waals surface area contributed by atoms with Crippen LogP contribution in [0.1, 0.15) is 12.5 Å². The summed E-state index contributed by atoms with van der Waals surface area (Å²) < 4.78 is 27.3. The normalized spacial score (nSPS) is 11.3. The average Bonchev–Trinajstić information content (AvgIpc) is 2.52. The first kappa shape index (κ1) is 18.4. The molecule has 0 fully saturated rings. The molecule has 7 heteroatoms. The van der Waals surface area contributed by atoms with Gasteiger partial charge in [0.25, 0.3) is 0 Å². The smallest absolute Gasteiger partial charge is 0.240 e. The molecule has 0 aliphatic rings. The van der Waals surface area contributed by atoms with Crippen molar-refractivity contribution in [1.82, 2.24) is 4.72 Å².